The fraction of sp³-hybridized carbons (Fsp3) is 0.250. The molecule has 1 aliphatic heterocycles. The molecular formula is C24H24N5O5+. The van der Waals surface area contributed by atoms with Crippen molar-refractivity contribution in [3.05, 3.63) is 69.6 Å². The SMILES string of the molecule is COCC[n+]1c(N)c(C(=O)NCc2ccc3c(c2)OCO3)cc2c(=O)n3cccc(C)c3nc21. The summed E-state index contributed by atoms with van der Waals surface area (Å²) >= 11 is 0. The average Bonchev–Trinajstić information content (AvgIpc) is 3.31. The lowest BCUT2D eigenvalue weighted by Crippen LogP contribution is -2.44. The maximum absolute atomic E-state index is 13.3. The van der Waals surface area contributed by atoms with Crippen molar-refractivity contribution in [3.8, 4) is 11.5 Å². The van der Waals surface area contributed by atoms with E-state index in [4.69, 9.17) is 24.9 Å². The minimum absolute atomic E-state index is 0.179. The lowest BCUT2D eigenvalue weighted by Gasteiger charge is -2.13. The van der Waals surface area contributed by atoms with Gasteiger partial charge in [0.2, 0.25) is 18.3 Å². The highest BCUT2D eigenvalue weighted by molar-refractivity contribution is 6.00. The number of hydrogen-bond donors (Lipinski definition) is 2. The van der Waals surface area contributed by atoms with Crippen molar-refractivity contribution in [2.24, 2.45) is 0 Å². The zero-order valence-corrected chi connectivity index (χ0v) is 18.8. The van der Waals surface area contributed by atoms with Gasteiger partial charge in [-0.1, -0.05) is 17.1 Å². The van der Waals surface area contributed by atoms with E-state index in [-0.39, 0.29) is 30.3 Å². The summed E-state index contributed by atoms with van der Waals surface area (Å²) in [6, 6.07) is 10.6. The quantitative estimate of drug-likeness (QED) is 0.328. The van der Waals surface area contributed by atoms with Crippen molar-refractivity contribution in [2.75, 3.05) is 26.2 Å². The molecule has 1 amide bonds. The zero-order chi connectivity index (χ0) is 23.8. The number of pyridine rings is 2. The summed E-state index contributed by atoms with van der Waals surface area (Å²) in [7, 11) is 1.57. The Morgan fingerprint density at radius 1 is 1.26 bits per heavy atom. The van der Waals surface area contributed by atoms with Gasteiger partial charge in [0, 0.05) is 25.4 Å². The van der Waals surface area contributed by atoms with Gasteiger partial charge in [-0.15, -0.1) is 0 Å². The number of fused-ring (bicyclic) bond motifs is 3. The lowest BCUT2D eigenvalue weighted by atomic mass is 10.1. The highest BCUT2D eigenvalue weighted by Gasteiger charge is 2.25. The molecule has 0 saturated heterocycles. The van der Waals surface area contributed by atoms with E-state index in [0.29, 0.717) is 41.3 Å². The molecule has 0 fully saturated rings. The van der Waals surface area contributed by atoms with Crippen molar-refractivity contribution in [1.82, 2.24) is 14.7 Å². The van der Waals surface area contributed by atoms with Gasteiger partial charge in [0.05, 0.1) is 13.2 Å². The summed E-state index contributed by atoms with van der Waals surface area (Å²) in [4.78, 5) is 31.2. The smallest absolute Gasteiger partial charge is 0.278 e. The van der Waals surface area contributed by atoms with E-state index in [9.17, 15) is 9.59 Å². The monoisotopic (exact) mass is 462 g/mol. The molecule has 4 heterocycles. The number of nitrogens with zero attached hydrogens (tertiary/aromatic N) is 3. The van der Waals surface area contributed by atoms with Crippen LogP contribution in [0.3, 0.4) is 0 Å². The number of methoxy groups -OCH3 is 1. The molecule has 0 radical (unpaired) electrons. The topological polar surface area (TPSA) is 121 Å². The third-order valence-electron chi connectivity index (χ3n) is 5.83. The summed E-state index contributed by atoms with van der Waals surface area (Å²) < 4.78 is 19.1. The normalized spacial score (nSPS) is 12.4. The third kappa shape index (κ3) is 3.67. The minimum atomic E-state index is -0.406. The van der Waals surface area contributed by atoms with E-state index in [1.807, 2.05) is 25.1 Å². The number of aryl methyl sites for hydroxylation is 1. The van der Waals surface area contributed by atoms with Gasteiger partial charge in [-0.3, -0.25) is 14.0 Å². The first-order valence-corrected chi connectivity index (χ1v) is 10.8. The van der Waals surface area contributed by atoms with Crippen LogP contribution in [0, 0.1) is 6.92 Å². The number of nitrogens with one attached hydrogen (secondary N) is 1. The molecule has 10 heteroatoms. The van der Waals surface area contributed by atoms with Crippen LogP contribution in [-0.2, 0) is 17.8 Å². The molecule has 0 spiro atoms. The Hall–Kier alpha value is -4.18. The van der Waals surface area contributed by atoms with Crippen LogP contribution in [0.4, 0.5) is 5.82 Å². The molecule has 174 valence electrons. The Morgan fingerprint density at radius 2 is 2.09 bits per heavy atom. The maximum atomic E-state index is 13.3. The summed E-state index contributed by atoms with van der Waals surface area (Å²) in [5, 5.41) is 3.17. The fourth-order valence-corrected chi connectivity index (χ4v) is 4.03. The van der Waals surface area contributed by atoms with Crippen LogP contribution in [0.15, 0.2) is 47.4 Å². The first kappa shape index (κ1) is 21.7. The van der Waals surface area contributed by atoms with Crippen LogP contribution in [-0.4, -0.2) is 35.8 Å². The number of amides is 1. The Labute approximate surface area is 194 Å². The molecule has 3 aromatic heterocycles. The number of hydrogen-bond acceptors (Lipinski definition) is 7. The molecule has 10 nitrogen and oxygen atoms in total. The number of carbonyl (C=O) groups excluding carboxylic acids is 1. The number of anilines is 1. The Balaban J connectivity index is 1.56. The standard InChI is InChI=1S/C24H23N5O5/c1-14-4-3-7-29-21(14)27-22-17(24(29)31)11-16(20(25)28(22)8-9-32-2)23(30)26-12-15-5-6-18-19(10-15)34-13-33-18/h3-7,10-11,25H,8-9,12-13H2,1-2H3,(H,26,30)/p+1. The average molecular weight is 462 g/mol. The summed E-state index contributed by atoms with van der Waals surface area (Å²) in [5.41, 5.74) is 8.97. The highest BCUT2D eigenvalue weighted by Crippen LogP contribution is 2.32. The molecule has 0 atom stereocenters. The first-order chi connectivity index (χ1) is 16.5. The predicted octanol–water partition coefficient (Wildman–Crippen LogP) is 1.33. The largest absolute Gasteiger partial charge is 0.454 e. The Morgan fingerprint density at radius 3 is 2.91 bits per heavy atom. The van der Waals surface area contributed by atoms with Crippen LogP contribution in [0.1, 0.15) is 21.5 Å². The van der Waals surface area contributed by atoms with Gasteiger partial charge < -0.3 is 25.3 Å². The van der Waals surface area contributed by atoms with E-state index in [0.717, 1.165) is 11.1 Å². The second kappa shape index (κ2) is 8.64. The minimum Gasteiger partial charge on any atom is -0.454 e. The molecule has 3 N–H and O–H groups in total. The van der Waals surface area contributed by atoms with Crippen molar-refractivity contribution < 1.29 is 23.6 Å². The van der Waals surface area contributed by atoms with Gasteiger partial charge in [0.15, 0.2) is 11.5 Å². The number of carbonyl (C=O) groups is 1. The van der Waals surface area contributed by atoms with Gasteiger partial charge in [-0.05, 0) is 36.8 Å². The Bertz CT molecular complexity index is 1500. The second-order valence-corrected chi connectivity index (χ2v) is 8.00. The summed E-state index contributed by atoms with van der Waals surface area (Å²) in [5.74, 6) is 1.11. The number of aromatic nitrogens is 3. The molecule has 5 rings (SSSR count). The van der Waals surface area contributed by atoms with Gasteiger partial charge in [-0.2, -0.15) is 0 Å². The number of nitrogen functional groups attached to an aromatic ring is 1. The number of ether oxygens (including phenoxy) is 3. The summed E-state index contributed by atoms with van der Waals surface area (Å²) in [6.45, 7) is 2.98. The van der Waals surface area contributed by atoms with Gasteiger partial charge in [0.25, 0.3) is 17.1 Å². The van der Waals surface area contributed by atoms with E-state index in [1.165, 1.54) is 10.5 Å². The first-order valence-electron chi connectivity index (χ1n) is 10.8. The molecule has 0 aliphatic carbocycles. The lowest BCUT2D eigenvalue weighted by molar-refractivity contribution is -0.660. The van der Waals surface area contributed by atoms with Crippen molar-refractivity contribution in [2.45, 2.75) is 20.0 Å². The van der Waals surface area contributed by atoms with E-state index in [2.05, 4.69) is 5.32 Å². The molecule has 0 unspecified atom stereocenters. The molecule has 1 aliphatic rings. The van der Waals surface area contributed by atoms with Crippen molar-refractivity contribution in [3.63, 3.8) is 0 Å². The molecule has 4 aromatic rings. The third-order valence-corrected chi connectivity index (χ3v) is 5.83. The maximum Gasteiger partial charge on any atom is 0.278 e. The number of benzene rings is 1. The molecule has 0 bridgehead atoms. The second-order valence-electron chi connectivity index (χ2n) is 8.00. The van der Waals surface area contributed by atoms with Crippen LogP contribution >= 0.6 is 0 Å². The van der Waals surface area contributed by atoms with Crippen LogP contribution in [0.2, 0.25) is 0 Å². The number of nitrogens with two attached hydrogens (primary N) is 1. The van der Waals surface area contributed by atoms with Gasteiger partial charge in [-0.25, -0.2) is 4.57 Å². The molecule has 1 aromatic carbocycles. The summed E-state index contributed by atoms with van der Waals surface area (Å²) in [6.07, 6.45) is 1.66. The van der Waals surface area contributed by atoms with Crippen LogP contribution < -0.4 is 30.7 Å². The molecule has 0 saturated carbocycles. The zero-order valence-electron chi connectivity index (χ0n) is 18.8. The fourth-order valence-electron chi connectivity index (χ4n) is 4.03. The van der Waals surface area contributed by atoms with Gasteiger partial charge in [0.1, 0.15) is 10.9 Å². The highest BCUT2D eigenvalue weighted by atomic mass is 16.7. The van der Waals surface area contributed by atoms with E-state index >= 15 is 0 Å². The van der Waals surface area contributed by atoms with E-state index < -0.39 is 5.91 Å². The van der Waals surface area contributed by atoms with Crippen molar-refractivity contribution in [1.29, 1.82) is 0 Å². The van der Waals surface area contributed by atoms with Crippen LogP contribution in [0.25, 0.3) is 16.7 Å². The van der Waals surface area contributed by atoms with Crippen LogP contribution in [0.5, 0.6) is 11.5 Å². The number of rotatable bonds is 6. The molecular weight excluding hydrogens is 438 g/mol. The molecule has 34 heavy (non-hydrogen) atoms. The van der Waals surface area contributed by atoms with Crippen molar-refractivity contribution >= 4 is 28.4 Å². The van der Waals surface area contributed by atoms with E-state index in [1.54, 1.807) is 30.0 Å². The Kier molecular flexibility index (Phi) is 5.50. The predicted molar refractivity (Wildman–Crippen MR) is 124 cm³/mol. The van der Waals surface area contributed by atoms with Gasteiger partial charge >= 0.3 is 0 Å².